The number of nitrogens with one attached hydrogen (secondary N) is 1. The van der Waals surface area contributed by atoms with Gasteiger partial charge >= 0.3 is 0 Å². The maximum atomic E-state index is 8.94. The van der Waals surface area contributed by atoms with Crippen molar-refractivity contribution in [2.75, 3.05) is 18.5 Å². The molecule has 3 nitrogen and oxygen atoms in total. The average molecular weight is 253 g/mol. The SMILES string of the molecule is CC(CO)CCCNc1ccc(Cl)cc1C#N. The van der Waals surface area contributed by atoms with E-state index in [0.717, 1.165) is 25.1 Å². The summed E-state index contributed by atoms with van der Waals surface area (Å²) in [6.45, 7) is 3.04. The number of aliphatic hydroxyl groups is 1. The van der Waals surface area contributed by atoms with Crippen LogP contribution in [0.4, 0.5) is 5.69 Å². The maximum absolute atomic E-state index is 8.94. The van der Waals surface area contributed by atoms with E-state index in [1.165, 1.54) is 0 Å². The third kappa shape index (κ3) is 4.64. The van der Waals surface area contributed by atoms with Gasteiger partial charge in [-0.25, -0.2) is 0 Å². The fourth-order valence-corrected chi connectivity index (χ4v) is 1.70. The quantitative estimate of drug-likeness (QED) is 0.765. The largest absolute Gasteiger partial charge is 0.396 e. The Balaban J connectivity index is 2.44. The van der Waals surface area contributed by atoms with Crippen LogP contribution in [0, 0.1) is 17.2 Å². The van der Waals surface area contributed by atoms with E-state index >= 15 is 0 Å². The first-order valence-corrected chi connectivity index (χ1v) is 6.09. The van der Waals surface area contributed by atoms with Gasteiger partial charge in [0, 0.05) is 18.2 Å². The molecule has 92 valence electrons. The summed E-state index contributed by atoms with van der Waals surface area (Å²) in [5.41, 5.74) is 1.38. The van der Waals surface area contributed by atoms with Crippen LogP contribution in [0.2, 0.25) is 5.02 Å². The van der Waals surface area contributed by atoms with Gasteiger partial charge in [-0.15, -0.1) is 0 Å². The van der Waals surface area contributed by atoms with E-state index in [-0.39, 0.29) is 6.61 Å². The van der Waals surface area contributed by atoms with E-state index in [2.05, 4.69) is 11.4 Å². The molecule has 0 aliphatic rings. The Morgan fingerprint density at radius 2 is 2.29 bits per heavy atom. The molecule has 0 spiro atoms. The number of rotatable bonds is 6. The van der Waals surface area contributed by atoms with Gasteiger partial charge in [-0.05, 0) is 37.0 Å². The number of hydrogen-bond acceptors (Lipinski definition) is 3. The van der Waals surface area contributed by atoms with Crippen LogP contribution >= 0.6 is 11.6 Å². The molecule has 17 heavy (non-hydrogen) atoms. The van der Waals surface area contributed by atoms with Crippen LogP contribution in [0.1, 0.15) is 25.3 Å². The average Bonchev–Trinajstić information content (AvgIpc) is 2.35. The Morgan fingerprint density at radius 1 is 1.53 bits per heavy atom. The number of anilines is 1. The molecular formula is C13H17ClN2O. The predicted molar refractivity (Wildman–Crippen MR) is 70.1 cm³/mol. The van der Waals surface area contributed by atoms with Gasteiger partial charge < -0.3 is 10.4 Å². The summed E-state index contributed by atoms with van der Waals surface area (Å²) < 4.78 is 0. The molecule has 0 aromatic heterocycles. The van der Waals surface area contributed by atoms with Crippen LogP contribution in [0.15, 0.2) is 18.2 Å². The van der Waals surface area contributed by atoms with Gasteiger partial charge in [0.05, 0.1) is 11.3 Å². The molecule has 2 N–H and O–H groups in total. The number of halogens is 1. The Morgan fingerprint density at radius 3 is 2.94 bits per heavy atom. The molecule has 0 bridgehead atoms. The van der Waals surface area contributed by atoms with Gasteiger partial charge in [-0.2, -0.15) is 5.26 Å². The lowest BCUT2D eigenvalue weighted by Gasteiger charge is -2.10. The van der Waals surface area contributed by atoms with Gasteiger partial charge in [0.25, 0.3) is 0 Å². The zero-order chi connectivity index (χ0) is 12.7. The summed E-state index contributed by atoms with van der Waals surface area (Å²) in [5.74, 6) is 0.331. The van der Waals surface area contributed by atoms with Gasteiger partial charge in [-0.3, -0.25) is 0 Å². The normalized spacial score (nSPS) is 11.9. The van der Waals surface area contributed by atoms with Crippen molar-refractivity contribution in [3.8, 4) is 6.07 Å². The second-order valence-corrected chi connectivity index (χ2v) is 4.59. The lowest BCUT2D eigenvalue weighted by molar-refractivity contribution is 0.229. The van der Waals surface area contributed by atoms with E-state index in [9.17, 15) is 0 Å². The minimum atomic E-state index is 0.227. The predicted octanol–water partition coefficient (Wildman–Crippen LogP) is 3.03. The third-order valence-corrected chi connectivity index (χ3v) is 2.84. The Bertz CT molecular complexity index is 401. The number of benzene rings is 1. The van der Waals surface area contributed by atoms with Crippen LogP contribution in [0.3, 0.4) is 0 Å². The topological polar surface area (TPSA) is 56.0 Å². The lowest BCUT2D eigenvalue weighted by Crippen LogP contribution is -2.07. The standard InChI is InChI=1S/C13H17ClN2O/c1-10(9-17)3-2-6-16-13-5-4-12(14)7-11(13)8-15/h4-5,7,10,16-17H,2-3,6,9H2,1H3. The number of nitrogens with zero attached hydrogens (tertiary/aromatic N) is 1. The number of hydrogen-bond donors (Lipinski definition) is 2. The molecule has 0 saturated carbocycles. The highest BCUT2D eigenvalue weighted by Gasteiger charge is 2.03. The van der Waals surface area contributed by atoms with Gasteiger partial charge in [0.15, 0.2) is 0 Å². The highest BCUT2D eigenvalue weighted by atomic mass is 35.5. The molecular weight excluding hydrogens is 236 g/mol. The molecule has 0 radical (unpaired) electrons. The summed E-state index contributed by atoms with van der Waals surface area (Å²) in [4.78, 5) is 0. The third-order valence-electron chi connectivity index (χ3n) is 2.60. The molecule has 1 aromatic rings. The molecule has 1 unspecified atom stereocenters. The first-order valence-electron chi connectivity index (χ1n) is 5.71. The Labute approximate surface area is 107 Å². The maximum Gasteiger partial charge on any atom is 0.101 e. The molecule has 0 heterocycles. The first-order chi connectivity index (χ1) is 8.17. The van der Waals surface area contributed by atoms with Crippen molar-refractivity contribution >= 4 is 17.3 Å². The van der Waals surface area contributed by atoms with E-state index in [0.29, 0.717) is 16.5 Å². The highest BCUT2D eigenvalue weighted by Crippen LogP contribution is 2.19. The van der Waals surface area contributed by atoms with Crippen LogP contribution in [-0.2, 0) is 0 Å². The molecule has 0 aliphatic heterocycles. The van der Waals surface area contributed by atoms with Crippen molar-refractivity contribution in [2.24, 2.45) is 5.92 Å². The smallest absolute Gasteiger partial charge is 0.101 e. The minimum absolute atomic E-state index is 0.227. The molecule has 0 fully saturated rings. The van der Waals surface area contributed by atoms with E-state index in [1.54, 1.807) is 12.1 Å². The van der Waals surface area contributed by atoms with E-state index in [4.69, 9.17) is 22.0 Å². The summed E-state index contributed by atoms with van der Waals surface area (Å²) in [6.07, 6.45) is 1.94. The Kier molecular flexibility index (Phi) is 5.82. The zero-order valence-electron chi connectivity index (χ0n) is 9.91. The Hall–Kier alpha value is -1.24. The zero-order valence-corrected chi connectivity index (χ0v) is 10.7. The summed E-state index contributed by atoms with van der Waals surface area (Å²) in [6, 6.07) is 7.34. The van der Waals surface area contributed by atoms with Crippen LogP contribution in [0.5, 0.6) is 0 Å². The monoisotopic (exact) mass is 252 g/mol. The number of aliphatic hydroxyl groups excluding tert-OH is 1. The molecule has 4 heteroatoms. The lowest BCUT2D eigenvalue weighted by atomic mass is 10.1. The van der Waals surface area contributed by atoms with Gasteiger partial charge in [0.2, 0.25) is 0 Å². The van der Waals surface area contributed by atoms with Crippen LogP contribution in [-0.4, -0.2) is 18.3 Å². The minimum Gasteiger partial charge on any atom is -0.396 e. The van der Waals surface area contributed by atoms with Crippen molar-refractivity contribution in [3.63, 3.8) is 0 Å². The second-order valence-electron chi connectivity index (χ2n) is 4.16. The highest BCUT2D eigenvalue weighted by molar-refractivity contribution is 6.30. The van der Waals surface area contributed by atoms with Gasteiger partial charge in [-0.1, -0.05) is 18.5 Å². The summed E-state index contributed by atoms with van der Waals surface area (Å²) in [5, 5.41) is 21.6. The molecule has 0 aliphatic carbocycles. The van der Waals surface area contributed by atoms with Crippen LogP contribution < -0.4 is 5.32 Å². The van der Waals surface area contributed by atoms with Crippen molar-refractivity contribution in [2.45, 2.75) is 19.8 Å². The second kappa shape index (κ2) is 7.16. The fraction of sp³-hybridized carbons (Fsp3) is 0.462. The van der Waals surface area contributed by atoms with Crippen LogP contribution in [0.25, 0.3) is 0 Å². The molecule has 0 amide bonds. The molecule has 0 saturated heterocycles. The van der Waals surface area contributed by atoms with Gasteiger partial charge in [0.1, 0.15) is 6.07 Å². The first kappa shape index (κ1) is 13.8. The van der Waals surface area contributed by atoms with E-state index < -0.39 is 0 Å². The van der Waals surface area contributed by atoms with Crippen molar-refractivity contribution < 1.29 is 5.11 Å². The fourth-order valence-electron chi connectivity index (χ4n) is 1.53. The molecule has 1 rings (SSSR count). The van der Waals surface area contributed by atoms with Crippen molar-refractivity contribution in [1.29, 1.82) is 5.26 Å². The molecule has 1 atom stereocenters. The van der Waals surface area contributed by atoms with Crippen molar-refractivity contribution in [3.05, 3.63) is 28.8 Å². The molecule has 1 aromatic carbocycles. The van der Waals surface area contributed by atoms with E-state index in [1.807, 2.05) is 13.0 Å². The summed E-state index contributed by atoms with van der Waals surface area (Å²) >= 11 is 5.81. The summed E-state index contributed by atoms with van der Waals surface area (Å²) in [7, 11) is 0. The number of nitriles is 1. The van der Waals surface area contributed by atoms with Crippen molar-refractivity contribution in [1.82, 2.24) is 0 Å².